The third-order valence-electron chi connectivity index (χ3n) is 2.90. The largest absolute Gasteiger partial charge is 0.550 e. The van der Waals surface area contributed by atoms with Gasteiger partial charge in [-0.1, -0.05) is 6.07 Å². The number of aliphatic carboxylic acids is 1. The van der Waals surface area contributed by atoms with Gasteiger partial charge in [0, 0.05) is 12.4 Å². The second kappa shape index (κ2) is 5.93. The summed E-state index contributed by atoms with van der Waals surface area (Å²) in [6, 6.07) is 5.12. The highest BCUT2D eigenvalue weighted by Crippen LogP contribution is 2.36. The maximum Gasteiger partial charge on any atom is 0.231 e. The number of benzene rings is 1. The van der Waals surface area contributed by atoms with E-state index in [1.807, 2.05) is 0 Å². The molecule has 0 saturated heterocycles. The van der Waals surface area contributed by atoms with Crippen molar-refractivity contribution < 1.29 is 24.2 Å². The summed E-state index contributed by atoms with van der Waals surface area (Å²) >= 11 is 5.46. The molecule has 0 bridgehead atoms. The van der Waals surface area contributed by atoms with Gasteiger partial charge in [0.1, 0.15) is 5.78 Å². The smallest absolute Gasteiger partial charge is 0.231 e. The topological polar surface area (TPSA) is 75.7 Å². The molecule has 0 amide bonds. The normalized spacial score (nSPS) is 14.2. The highest BCUT2D eigenvalue weighted by molar-refractivity contribution is 6.27. The minimum absolute atomic E-state index is 0.0666. The molecule has 0 fully saturated rings. The van der Waals surface area contributed by atoms with Crippen molar-refractivity contribution in [2.45, 2.75) is 18.8 Å². The number of alkyl halides is 1. The maximum absolute atomic E-state index is 11.4. The van der Waals surface area contributed by atoms with E-state index in [1.165, 1.54) is 0 Å². The van der Waals surface area contributed by atoms with E-state index in [1.54, 1.807) is 18.2 Å². The Bertz CT molecular complexity index is 500. The zero-order valence-corrected chi connectivity index (χ0v) is 10.8. The van der Waals surface area contributed by atoms with Gasteiger partial charge in [-0.2, -0.15) is 0 Å². The molecular formula is C13H12ClO5-. The quantitative estimate of drug-likeness (QED) is 0.723. The standard InChI is InChI=1S/C13H13ClO5/c14-6-10(15)3-9(5-13(16)17)8-1-2-11-12(4-8)19-7-18-11/h1-2,4,9H,3,5-7H2,(H,16,17)/p-1. The van der Waals surface area contributed by atoms with Crippen LogP contribution in [0.2, 0.25) is 0 Å². The van der Waals surface area contributed by atoms with E-state index < -0.39 is 11.9 Å². The maximum atomic E-state index is 11.4. The van der Waals surface area contributed by atoms with Crippen LogP contribution in [0.25, 0.3) is 0 Å². The van der Waals surface area contributed by atoms with Gasteiger partial charge >= 0.3 is 0 Å². The fourth-order valence-electron chi connectivity index (χ4n) is 2.01. The molecule has 6 heteroatoms. The monoisotopic (exact) mass is 283 g/mol. The Morgan fingerprint density at radius 3 is 2.68 bits per heavy atom. The van der Waals surface area contributed by atoms with Crippen molar-refractivity contribution in [3.63, 3.8) is 0 Å². The number of halogens is 1. The Labute approximate surface area is 115 Å². The van der Waals surface area contributed by atoms with Crippen LogP contribution in [-0.4, -0.2) is 24.4 Å². The molecule has 5 nitrogen and oxygen atoms in total. The van der Waals surface area contributed by atoms with E-state index in [9.17, 15) is 14.7 Å². The zero-order valence-electron chi connectivity index (χ0n) is 10.1. The van der Waals surface area contributed by atoms with Gasteiger partial charge in [0.05, 0.1) is 5.88 Å². The number of hydrogen-bond acceptors (Lipinski definition) is 5. The number of hydrogen-bond donors (Lipinski definition) is 0. The van der Waals surface area contributed by atoms with Crippen molar-refractivity contribution in [2.75, 3.05) is 12.7 Å². The van der Waals surface area contributed by atoms with Crippen LogP contribution in [0.5, 0.6) is 11.5 Å². The molecule has 1 aromatic rings. The molecule has 0 saturated carbocycles. The molecule has 1 aromatic carbocycles. The first-order valence-electron chi connectivity index (χ1n) is 5.77. The van der Waals surface area contributed by atoms with E-state index in [2.05, 4.69) is 0 Å². The molecule has 1 atom stereocenters. The summed E-state index contributed by atoms with van der Waals surface area (Å²) in [5, 5.41) is 10.8. The third-order valence-corrected chi connectivity index (χ3v) is 3.20. The van der Waals surface area contributed by atoms with Gasteiger partial charge < -0.3 is 19.4 Å². The first-order valence-corrected chi connectivity index (χ1v) is 6.30. The lowest BCUT2D eigenvalue weighted by Crippen LogP contribution is -2.25. The van der Waals surface area contributed by atoms with Crippen LogP contribution >= 0.6 is 11.6 Å². The number of fused-ring (bicyclic) bond motifs is 1. The number of ether oxygens (including phenoxy) is 2. The molecule has 0 aromatic heterocycles. The number of carbonyl (C=O) groups is 2. The van der Waals surface area contributed by atoms with Gasteiger partial charge in [0.25, 0.3) is 0 Å². The van der Waals surface area contributed by atoms with Crippen molar-refractivity contribution in [2.24, 2.45) is 0 Å². The van der Waals surface area contributed by atoms with E-state index in [-0.39, 0.29) is 31.3 Å². The number of carboxylic acid groups (broad SMARTS) is 1. The molecule has 0 aliphatic carbocycles. The van der Waals surface area contributed by atoms with Crippen LogP contribution in [-0.2, 0) is 9.59 Å². The van der Waals surface area contributed by atoms with Gasteiger partial charge in [-0.3, -0.25) is 4.79 Å². The van der Waals surface area contributed by atoms with Crippen LogP contribution in [0.4, 0.5) is 0 Å². The summed E-state index contributed by atoms with van der Waals surface area (Å²) in [7, 11) is 0. The average molecular weight is 284 g/mol. The molecule has 1 unspecified atom stereocenters. The Morgan fingerprint density at radius 2 is 2.00 bits per heavy atom. The fraction of sp³-hybridized carbons (Fsp3) is 0.385. The summed E-state index contributed by atoms with van der Waals surface area (Å²) in [4.78, 5) is 22.2. The molecular weight excluding hydrogens is 272 g/mol. The lowest BCUT2D eigenvalue weighted by Gasteiger charge is -2.17. The summed E-state index contributed by atoms with van der Waals surface area (Å²) in [5.41, 5.74) is 0.701. The summed E-state index contributed by atoms with van der Waals surface area (Å²) < 4.78 is 10.4. The minimum Gasteiger partial charge on any atom is -0.550 e. The van der Waals surface area contributed by atoms with Crippen LogP contribution in [0.3, 0.4) is 0 Å². The van der Waals surface area contributed by atoms with Gasteiger partial charge in [-0.15, -0.1) is 11.6 Å². The van der Waals surface area contributed by atoms with Crippen LogP contribution in [0, 0.1) is 0 Å². The number of carbonyl (C=O) groups excluding carboxylic acids is 2. The van der Waals surface area contributed by atoms with Gasteiger partial charge in [-0.25, -0.2) is 0 Å². The van der Waals surface area contributed by atoms with Crippen LogP contribution < -0.4 is 14.6 Å². The molecule has 1 aliphatic rings. The SMILES string of the molecule is O=C([O-])CC(CC(=O)CCl)c1ccc2c(c1)OCO2. The zero-order chi connectivity index (χ0) is 13.8. The predicted octanol–water partition coefficient (Wildman–Crippen LogP) is 0.837. The first-order chi connectivity index (χ1) is 9.10. The summed E-state index contributed by atoms with van der Waals surface area (Å²) in [6.07, 6.45) is -0.167. The van der Waals surface area contributed by atoms with E-state index >= 15 is 0 Å². The number of ketones is 1. The molecule has 0 N–H and O–H groups in total. The van der Waals surface area contributed by atoms with Crippen molar-refractivity contribution in [3.05, 3.63) is 23.8 Å². The number of rotatable bonds is 6. The molecule has 1 heterocycles. The first kappa shape index (κ1) is 13.7. The molecule has 1 aliphatic heterocycles. The summed E-state index contributed by atoms with van der Waals surface area (Å²) in [5.74, 6) is -0.839. The summed E-state index contributed by atoms with van der Waals surface area (Å²) in [6.45, 7) is 0.143. The molecule has 2 rings (SSSR count). The molecule has 19 heavy (non-hydrogen) atoms. The average Bonchev–Trinajstić information content (AvgIpc) is 2.84. The minimum atomic E-state index is -1.20. The number of Topliss-reactive ketones (excluding diaryl/α,β-unsaturated/α-hetero) is 1. The second-order valence-electron chi connectivity index (χ2n) is 4.26. The molecule has 102 valence electrons. The highest BCUT2D eigenvalue weighted by Gasteiger charge is 2.20. The van der Waals surface area contributed by atoms with Crippen molar-refractivity contribution in [1.29, 1.82) is 0 Å². The Morgan fingerprint density at radius 1 is 1.26 bits per heavy atom. The predicted molar refractivity (Wildman–Crippen MR) is 65.3 cm³/mol. The van der Waals surface area contributed by atoms with Crippen LogP contribution in [0.1, 0.15) is 24.3 Å². The van der Waals surface area contributed by atoms with Gasteiger partial charge in [0.15, 0.2) is 11.5 Å². The van der Waals surface area contributed by atoms with Crippen molar-refractivity contribution in [3.8, 4) is 11.5 Å². The number of carboxylic acids is 1. The Balaban J connectivity index is 2.21. The lowest BCUT2D eigenvalue weighted by atomic mass is 9.91. The second-order valence-corrected chi connectivity index (χ2v) is 4.53. The molecule has 0 spiro atoms. The van der Waals surface area contributed by atoms with Gasteiger partial charge in [0.2, 0.25) is 6.79 Å². The van der Waals surface area contributed by atoms with E-state index in [0.29, 0.717) is 17.1 Å². The Kier molecular flexibility index (Phi) is 4.27. The highest BCUT2D eigenvalue weighted by atomic mass is 35.5. The lowest BCUT2D eigenvalue weighted by molar-refractivity contribution is -0.306. The van der Waals surface area contributed by atoms with Crippen molar-refractivity contribution in [1.82, 2.24) is 0 Å². The van der Waals surface area contributed by atoms with E-state index in [4.69, 9.17) is 21.1 Å². The van der Waals surface area contributed by atoms with E-state index in [0.717, 1.165) is 0 Å². The van der Waals surface area contributed by atoms with Crippen molar-refractivity contribution >= 4 is 23.4 Å². The third kappa shape index (κ3) is 3.38. The fourth-order valence-corrected chi connectivity index (χ4v) is 2.11. The van der Waals surface area contributed by atoms with Gasteiger partial charge in [-0.05, 0) is 30.0 Å². The molecule has 0 radical (unpaired) electrons. The van der Waals surface area contributed by atoms with Crippen LogP contribution in [0.15, 0.2) is 18.2 Å². The Hall–Kier alpha value is -1.75.